The number of methoxy groups -OCH3 is 1. The number of carbonyl (C=O) groups excluding carboxylic acids is 2. The molecule has 0 saturated carbocycles. The van der Waals surface area contributed by atoms with Crippen LogP contribution < -0.4 is 10.1 Å². The number of halogens is 1. The average Bonchev–Trinajstić information content (AvgIpc) is 2.95. The van der Waals surface area contributed by atoms with E-state index in [4.69, 9.17) is 14.2 Å². The molecule has 1 saturated heterocycles. The summed E-state index contributed by atoms with van der Waals surface area (Å²) in [4.78, 5) is 23.1. The molecule has 0 bridgehead atoms. The van der Waals surface area contributed by atoms with Gasteiger partial charge in [0, 0.05) is 13.0 Å². The monoisotopic (exact) mass is 329 g/mol. The van der Waals surface area contributed by atoms with Gasteiger partial charge >= 0.3 is 11.9 Å². The fourth-order valence-corrected chi connectivity index (χ4v) is 2.22. The third-order valence-electron chi connectivity index (χ3n) is 3.22. The van der Waals surface area contributed by atoms with Crippen LogP contribution in [0.2, 0.25) is 0 Å². The van der Waals surface area contributed by atoms with Crippen LogP contribution in [0.4, 0.5) is 0 Å². The van der Waals surface area contributed by atoms with Gasteiger partial charge in [-0.25, -0.2) is 4.79 Å². The van der Waals surface area contributed by atoms with Crippen LogP contribution in [0.5, 0.6) is 5.75 Å². The number of benzene rings is 1. The fourth-order valence-electron chi connectivity index (χ4n) is 2.22. The summed E-state index contributed by atoms with van der Waals surface area (Å²) >= 11 is 0. The number of ether oxygens (including phenoxy) is 3. The highest BCUT2D eigenvalue weighted by Crippen LogP contribution is 2.19. The molecule has 0 unspecified atom stereocenters. The Morgan fingerprint density at radius 1 is 1.36 bits per heavy atom. The Hall–Kier alpha value is -1.79. The van der Waals surface area contributed by atoms with Crippen LogP contribution >= 0.6 is 12.4 Å². The molecule has 2 atom stereocenters. The zero-order valence-corrected chi connectivity index (χ0v) is 13.4. The summed E-state index contributed by atoms with van der Waals surface area (Å²) in [5, 5.41) is 3.04. The first-order valence-corrected chi connectivity index (χ1v) is 6.89. The fraction of sp³-hybridized carbons (Fsp3) is 0.467. The lowest BCUT2D eigenvalue weighted by Gasteiger charge is -2.13. The summed E-state index contributed by atoms with van der Waals surface area (Å²) in [7, 11) is 1.36. The van der Waals surface area contributed by atoms with Gasteiger partial charge in [-0.3, -0.25) is 4.79 Å². The van der Waals surface area contributed by atoms with Crippen molar-refractivity contribution < 1.29 is 23.8 Å². The van der Waals surface area contributed by atoms with E-state index in [1.165, 1.54) is 7.11 Å². The van der Waals surface area contributed by atoms with E-state index in [1.54, 1.807) is 31.2 Å². The molecule has 2 rings (SSSR count). The maximum atomic E-state index is 11.7. The van der Waals surface area contributed by atoms with Crippen LogP contribution in [0.15, 0.2) is 24.3 Å². The normalized spacial score (nSPS) is 19.9. The Morgan fingerprint density at radius 3 is 2.82 bits per heavy atom. The molecule has 0 aliphatic carbocycles. The van der Waals surface area contributed by atoms with E-state index >= 15 is 0 Å². The third kappa shape index (κ3) is 4.61. The van der Waals surface area contributed by atoms with E-state index in [0.717, 1.165) is 0 Å². The maximum Gasteiger partial charge on any atom is 0.338 e. The number of rotatable bonds is 5. The highest BCUT2D eigenvalue weighted by Gasteiger charge is 2.31. The van der Waals surface area contributed by atoms with Gasteiger partial charge in [-0.1, -0.05) is 6.07 Å². The maximum absolute atomic E-state index is 11.7. The van der Waals surface area contributed by atoms with Crippen molar-refractivity contribution in [3.63, 3.8) is 0 Å². The van der Waals surface area contributed by atoms with Gasteiger partial charge in [0.15, 0.2) is 0 Å². The molecule has 122 valence electrons. The largest absolute Gasteiger partial charge is 0.489 e. The molecule has 0 radical (unpaired) electrons. The van der Waals surface area contributed by atoms with Gasteiger partial charge in [-0.2, -0.15) is 0 Å². The molecule has 22 heavy (non-hydrogen) atoms. The molecule has 1 aromatic carbocycles. The molecular formula is C15H20ClNO5. The van der Waals surface area contributed by atoms with Crippen LogP contribution in [0.3, 0.4) is 0 Å². The first-order valence-electron chi connectivity index (χ1n) is 6.89. The number of carbonyl (C=O) groups is 2. The SMILES string of the molecule is CCOC(=O)c1cccc(O[C@H]2CN[C@H](C(=O)OC)C2)c1.Cl. The van der Waals surface area contributed by atoms with Crippen molar-refractivity contribution in [2.75, 3.05) is 20.3 Å². The Bertz CT molecular complexity index is 522. The third-order valence-corrected chi connectivity index (χ3v) is 3.22. The van der Waals surface area contributed by atoms with E-state index in [1.807, 2.05) is 0 Å². The molecule has 1 heterocycles. The summed E-state index contributed by atoms with van der Waals surface area (Å²) in [5.41, 5.74) is 0.449. The van der Waals surface area contributed by atoms with Crippen molar-refractivity contribution in [1.82, 2.24) is 5.32 Å². The first-order chi connectivity index (χ1) is 10.1. The van der Waals surface area contributed by atoms with Crippen molar-refractivity contribution in [1.29, 1.82) is 0 Å². The molecular weight excluding hydrogens is 310 g/mol. The van der Waals surface area contributed by atoms with Gasteiger partial charge in [-0.15, -0.1) is 12.4 Å². The van der Waals surface area contributed by atoms with E-state index in [0.29, 0.717) is 30.9 Å². The number of hydrogen-bond donors (Lipinski definition) is 1. The van der Waals surface area contributed by atoms with E-state index < -0.39 is 0 Å². The number of esters is 2. The average molecular weight is 330 g/mol. The smallest absolute Gasteiger partial charge is 0.338 e. The second-order valence-corrected chi connectivity index (χ2v) is 4.71. The summed E-state index contributed by atoms with van der Waals surface area (Å²) in [6.45, 7) is 2.65. The molecule has 0 amide bonds. The van der Waals surface area contributed by atoms with Gasteiger partial charge in [-0.05, 0) is 25.1 Å². The number of hydrogen-bond acceptors (Lipinski definition) is 6. The lowest BCUT2D eigenvalue weighted by Crippen LogP contribution is -2.31. The molecule has 6 nitrogen and oxygen atoms in total. The molecule has 1 aromatic rings. The van der Waals surface area contributed by atoms with Crippen molar-refractivity contribution >= 4 is 24.3 Å². The van der Waals surface area contributed by atoms with Crippen molar-refractivity contribution in [3.8, 4) is 5.75 Å². The molecule has 1 fully saturated rings. The van der Waals surface area contributed by atoms with Crippen LogP contribution in [0.25, 0.3) is 0 Å². The van der Waals surface area contributed by atoms with Crippen molar-refractivity contribution in [3.05, 3.63) is 29.8 Å². The molecule has 0 spiro atoms. The van der Waals surface area contributed by atoms with Crippen LogP contribution in [-0.2, 0) is 14.3 Å². The zero-order chi connectivity index (χ0) is 15.2. The van der Waals surface area contributed by atoms with Gasteiger partial charge in [0.2, 0.25) is 0 Å². The summed E-state index contributed by atoms with van der Waals surface area (Å²) in [6, 6.07) is 6.49. The van der Waals surface area contributed by atoms with Crippen molar-refractivity contribution in [2.24, 2.45) is 0 Å². The molecule has 1 aliphatic heterocycles. The quantitative estimate of drug-likeness (QED) is 0.827. The summed E-state index contributed by atoms with van der Waals surface area (Å²) in [5.74, 6) is -0.0841. The molecule has 7 heteroatoms. The zero-order valence-electron chi connectivity index (χ0n) is 12.5. The first kappa shape index (κ1) is 18.3. The lowest BCUT2D eigenvalue weighted by molar-refractivity contribution is -0.142. The summed E-state index contributed by atoms with van der Waals surface area (Å²) < 4.78 is 15.4. The van der Waals surface area contributed by atoms with E-state index in [-0.39, 0.29) is 36.5 Å². The van der Waals surface area contributed by atoms with Gasteiger partial charge in [0.05, 0.1) is 19.3 Å². The Morgan fingerprint density at radius 2 is 2.14 bits per heavy atom. The Balaban J connectivity index is 0.00000242. The Kier molecular flexibility index (Phi) is 7.14. The second kappa shape index (κ2) is 8.60. The van der Waals surface area contributed by atoms with Gasteiger partial charge in [0.1, 0.15) is 17.9 Å². The standard InChI is InChI=1S/C15H19NO5.ClH/c1-3-20-14(17)10-5-4-6-11(7-10)21-12-8-13(16-9-12)15(18)19-2;/h4-7,12-13,16H,3,8-9H2,1-2H3;1H/t12-,13+;/m1./s1. The second-order valence-electron chi connectivity index (χ2n) is 4.71. The highest BCUT2D eigenvalue weighted by molar-refractivity contribution is 5.89. The lowest BCUT2D eigenvalue weighted by atomic mass is 10.2. The molecule has 1 N–H and O–H groups in total. The minimum absolute atomic E-state index is 0. The Labute approximate surface area is 135 Å². The van der Waals surface area contributed by atoms with Crippen LogP contribution in [0, 0.1) is 0 Å². The topological polar surface area (TPSA) is 73.9 Å². The predicted octanol–water partition coefficient (Wildman–Crippen LogP) is 1.57. The summed E-state index contributed by atoms with van der Waals surface area (Å²) in [6.07, 6.45) is 0.405. The minimum atomic E-state index is -0.375. The van der Waals surface area contributed by atoms with Crippen LogP contribution in [-0.4, -0.2) is 44.3 Å². The van der Waals surface area contributed by atoms with Crippen LogP contribution in [0.1, 0.15) is 23.7 Å². The molecule has 1 aliphatic rings. The van der Waals surface area contributed by atoms with Gasteiger partial charge < -0.3 is 19.5 Å². The number of nitrogens with one attached hydrogen (secondary N) is 1. The van der Waals surface area contributed by atoms with Gasteiger partial charge in [0.25, 0.3) is 0 Å². The van der Waals surface area contributed by atoms with E-state index in [9.17, 15) is 9.59 Å². The minimum Gasteiger partial charge on any atom is -0.489 e. The molecule has 0 aromatic heterocycles. The van der Waals surface area contributed by atoms with E-state index in [2.05, 4.69) is 5.32 Å². The highest BCUT2D eigenvalue weighted by atomic mass is 35.5. The van der Waals surface area contributed by atoms with Crippen molar-refractivity contribution in [2.45, 2.75) is 25.5 Å². The predicted molar refractivity (Wildman–Crippen MR) is 82.5 cm³/mol.